The topological polar surface area (TPSA) is 53.6 Å². The maximum atomic E-state index is 4.78. The highest BCUT2D eigenvalue weighted by atomic mass is 15.0. The molecule has 2 aromatic heterocycles. The smallest absolute Gasteiger partial charge is 0.179 e. The number of hydrogen-bond acceptors (Lipinski definition) is 3. The predicted molar refractivity (Wildman–Crippen MR) is 85.5 cm³/mol. The van der Waals surface area contributed by atoms with Crippen LogP contribution in [0.25, 0.3) is 11.2 Å². The molecule has 4 nitrogen and oxygen atoms in total. The third kappa shape index (κ3) is 2.41. The Kier molecular flexibility index (Phi) is 3.32. The van der Waals surface area contributed by atoms with Gasteiger partial charge in [-0.05, 0) is 43.2 Å². The molecule has 2 aliphatic carbocycles. The summed E-state index contributed by atoms with van der Waals surface area (Å²) < 4.78 is 0. The van der Waals surface area contributed by atoms with Crippen LogP contribution in [-0.2, 0) is 0 Å². The average molecular weight is 284 g/mol. The number of aromatic amines is 1. The Bertz CT molecular complexity index is 633. The van der Waals surface area contributed by atoms with E-state index in [2.05, 4.69) is 21.4 Å². The Balaban J connectivity index is 1.58. The van der Waals surface area contributed by atoms with Gasteiger partial charge in [-0.15, -0.1) is 0 Å². The molecule has 2 saturated carbocycles. The first-order valence-corrected chi connectivity index (χ1v) is 8.38. The molecule has 2 aromatic rings. The summed E-state index contributed by atoms with van der Waals surface area (Å²) >= 11 is 0. The lowest BCUT2D eigenvalue weighted by atomic mass is 9.67. The number of nitrogens with one attached hydrogen (secondary N) is 2. The summed E-state index contributed by atoms with van der Waals surface area (Å²) in [4.78, 5) is 12.8. The fourth-order valence-corrected chi connectivity index (χ4v) is 4.37. The minimum Gasteiger partial charge on any atom is -0.373 e. The van der Waals surface area contributed by atoms with E-state index >= 15 is 0 Å². The van der Waals surface area contributed by atoms with Crippen LogP contribution in [-0.4, -0.2) is 22.0 Å². The van der Waals surface area contributed by atoms with Gasteiger partial charge in [-0.25, -0.2) is 9.97 Å². The van der Waals surface area contributed by atoms with Gasteiger partial charge in [-0.1, -0.05) is 25.7 Å². The molecule has 0 aliphatic heterocycles. The van der Waals surface area contributed by atoms with Crippen LogP contribution >= 0.6 is 0 Å². The molecule has 0 amide bonds. The summed E-state index contributed by atoms with van der Waals surface area (Å²) in [5, 5.41) is 3.08. The Morgan fingerprint density at radius 1 is 1.05 bits per heavy atom. The van der Waals surface area contributed by atoms with Gasteiger partial charge in [0.1, 0.15) is 11.6 Å². The van der Waals surface area contributed by atoms with Crippen LogP contribution in [0.15, 0.2) is 12.1 Å². The first kappa shape index (κ1) is 13.1. The highest BCUT2D eigenvalue weighted by Crippen LogP contribution is 2.45. The maximum Gasteiger partial charge on any atom is 0.179 e. The normalized spacial score (nSPS) is 29.3. The van der Waals surface area contributed by atoms with Gasteiger partial charge in [-0.2, -0.15) is 0 Å². The first-order valence-electron chi connectivity index (χ1n) is 8.38. The molecule has 2 heterocycles. The summed E-state index contributed by atoms with van der Waals surface area (Å²) in [7, 11) is 1.89. The lowest BCUT2D eigenvalue weighted by Crippen LogP contribution is -2.27. The molecule has 0 saturated heterocycles. The summed E-state index contributed by atoms with van der Waals surface area (Å²) in [6.07, 6.45) is 9.78. The van der Waals surface area contributed by atoms with Gasteiger partial charge in [0, 0.05) is 13.0 Å². The minimum atomic E-state index is 0.608. The molecule has 0 spiro atoms. The highest BCUT2D eigenvalue weighted by molar-refractivity contribution is 5.73. The molecule has 3 atom stereocenters. The van der Waals surface area contributed by atoms with Crippen LogP contribution in [0.2, 0.25) is 0 Å². The van der Waals surface area contributed by atoms with Gasteiger partial charge in [0.2, 0.25) is 0 Å². The number of nitrogens with zero attached hydrogens (tertiary/aromatic N) is 2. The van der Waals surface area contributed by atoms with Crippen molar-refractivity contribution in [3.8, 4) is 0 Å². The molecule has 112 valence electrons. The summed E-state index contributed by atoms with van der Waals surface area (Å²) in [5.41, 5.74) is 1.91. The molecular weight excluding hydrogens is 260 g/mol. The van der Waals surface area contributed by atoms with Crippen LogP contribution < -0.4 is 5.32 Å². The Hall–Kier alpha value is -1.58. The zero-order valence-corrected chi connectivity index (χ0v) is 12.7. The van der Waals surface area contributed by atoms with E-state index in [0.29, 0.717) is 5.92 Å². The standard InChI is InChI=1S/C17H24N4/c1-18-15-9-8-14-17(20-15)21-16(19-14)13-7-6-11-4-2-3-5-12(11)10-13/h8-9,11-13H,2-7,10H2,1H3,(H2,18,19,20,21). The predicted octanol–water partition coefficient (Wildman–Crippen LogP) is 4.07. The Labute approximate surface area is 125 Å². The molecule has 4 heteroatoms. The largest absolute Gasteiger partial charge is 0.373 e. The number of H-pyrrole nitrogens is 1. The van der Waals surface area contributed by atoms with Crippen molar-refractivity contribution in [2.45, 2.75) is 50.9 Å². The van der Waals surface area contributed by atoms with Crippen molar-refractivity contribution in [2.75, 3.05) is 12.4 Å². The number of hydrogen-bond donors (Lipinski definition) is 2. The maximum absolute atomic E-state index is 4.78. The number of fused-ring (bicyclic) bond motifs is 2. The van der Waals surface area contributed by atoms with Crippen LogP contribution in [0.4, 0.5) is 5.82 Å². The fraction of sp³-hybridized carbons (Fsp3) is 0.647. The molecule has 2 N–H and O–H groups in total. The number of pyridine rings is 1. The van der Waals surface area contributed by atoms with Crippen molar-refractivity contribution in [1.29, 1.82) is 0 Å². The number of rotatable bonds is 2. The van der Waals surface area contributed by atoms with Crippen LogP contribution in [0.5, 0.6) is 0 Å². The van der Waals surface area contributed by atoms with Gasteiger partial charge in [-0.3, -0.25) is 0 Å². The van der Waals surface area contributed by atoms with Crippen molar-refractivity contribution in [1.82, 2.24) is 15.0 Å². The molecule has 4 rings (SSSR count). The van der Waals surface area contributed by atoms with E-state index in [-0.39, 0.29) is 0 Å². The van der Waals surface area contributed by atoms with Crippen LogP contribution in [0.1, 0.15) is 56.7 Å². The van der Waals surface area contributed by atoms with Gasteiger partial charge >= 0.3 is 0 Å². The second-order valence-electron chi connectivity index (χ2n) is 6.75. The average Bonchev–Trinajstić information content (AvgIpc) is 2.97. The molecule has 21 heavy (non-hydrogen) atoms. The van der Waals surface area contributed by atoms with Crippen LogP contribution in [0, 0.1) is 11.8 Å². The van der Waals surface area contributed by atoms with Gasteiger partial charge in [0.15, 0.2) is 5.65 Å². The van der Waals surface area contributed by atoms with Crippen molar-refractivity contribution in [3.63, 3.8) is 0 Å². The second kappa shape index (κ2) is 5.32. The van der Waals surface area contributed by atoms with E-state index in [1.165, 1.54) is 44.9 Å². The van der Waals surface area contributed by atoms with Crippen molar-refractivity contribution >= 4 is 17.0 Å². The number of anilines is 1. The minimum absolute atomic E-state index is 0.608. The quantitative estimate of drug-likeness (QED) is 0.874. The second-order valence-corrected chi connectivity index (χ2v) is 6.75. The third-order valence-electron chi connectivity index (χ3n) is 5.55. The molecular formula is C17H24N4. The van der Waals surface area contributed by atoms with Crippen molar-refractivity contribution in [3.05, 3.63) is 18.0 Å². The summed E-state index contributed by atoms with van der Waals surface area (Å²) in [5.74, 6) is 4.59. The SMILES string of the molecule is CNc1ccc2[nH]c(C3CCC4CCCCC4C3)nc2n1. The van der Waals surface area contributed by atoms with E-state index in [1.807, 2.05) is 13.1 Å². The lowest BCUT2D eigenvalue weighted by molar-refractivity contribution is 0.153. The summed E-state index contributed by atoms with van der Waals surface area (Å²) in [6, 6.07) is 4.08. The Morgan fingerprint density at radius 2 is 1.90 bits per heavy atom. The summed E-state index contributed by atoms with van der Waals surface area (Å²) in [6.45, 7) is 0. The van der Waals surface area contributed by atoms with Crippen molar-refractivity contribution in [2.24, 2.45) is 11.8 Å². The molecule has 0 bridgehead atoms. The molecule has 2 aliphatic rings. The number of aromatic nitrogens is 3. The monoisotopic (exact) mass is 284 g/mol. The zero-order valence-electron chi connectivity index (χ0n) is 12.7. The van der Waals surface area contributed by atoms with E-state index in [4.69, 9.17) is 4.98 Å². The lowest BCUT2D eigenvalue weighted by Gasteiger charge is -2.38. The van der Waals surface area contributed by atoms with Gasteiger partial charge < -0.3 is 10.3 Å². The third-order valence-corrected chi connectivity index (χ3v) is 5.55. The number of imidazole rings is 1. The zero-order chi connectivity index (χ0) is 14.2. The fourth-order valence-electron chi connectivity index (χ4n) is 4.37. The van der Waals surface area contributed by atoms with E-state index < -0.39 is 0 Å². The molecule has 0 aromatic carbocycles. The van der Waals surface area contributed by atoms with Gasteiger partial charge in [0.05, 0.1) is 5.52 Å². The van der Waals surface area contributed by atoms with Crippen molar-refractivity contribution < 1.29 is 0 Å². The molecule has 0 radical (unpaired) electrons. The van der Waals surface area contributed by atoms with Gasteiger partial charge in [0.25, 0.3) is 0 Å². The highest BCUT2D eigenvalue weighted by Gasteiger charge is 2.33. The van der Waals surface area contributed by atoms with E-state index in [9.17, 15) is 0 Å². The van der Waals surface area contributed by atoms with Crippen LogP contribution in [0.3, 0.4) is 0 Å². The van der Waals surface area contributed by atoms with E-state index in [1.54, 1.807) is 0 Å². The Morgan fingerprint density at radius 3 is 2.76 bits per heavy atom. The molecule has 3 unspecified atom stereocenters. The molecule has 2 fully saturated rings. The van der Waals surface area contributed by atoms with E-state index in [0.717, 1.165) is 34.6 Å². The first-order chi connectivity index (χ1) is 10.3.